The first-order valence-corrected chi connectivity index (χ1v) is 12.5. The zero-order valence-corrected chi connectivity index (χ0v) is 25.8. The lowest BCUT2D eigenvalue weighted by Gasteiger charge is -2.07. The van der Waals surface area contributed by atoms with Gasteiger partial charge < -0.3 is 65.0 Å². The average Bonchev–Trinajstić information content (AvgIpc) is 2.83. The largest absolute Gasteiger partial charge is 0.480 e. The molecule has 42 heavy (non-hydrogen) atoms. The fourth-order valence-electron chi connectivity index (χ4n) is 0.855. The molecule has 18 N–H and O–H groups in total. The maximum Gasteiger partial charge on any atom is 0.320 e. The van der Waals surface area contributed by atoms with Gasteiger partial charge >= 0.3 is 35.8 Å². The fraction of sp³-hybridized carbons (Fsp3) is 0.750. The van der Waals surface area contributed by atoms with Crippen molar-refractivity contribution in [3.63, 3.8) is 0 Å². The second kappa shape index (κ2) is 29.1. The van der Waals surface area contributed by atoms with Crippen LogP contribution >= 0.6 is 0 Å². The second-order valence-corrected chi connectivity index (χ2v) is 9.70. The zero-order valence-electron chi connectivity index (χ0n) is 25.8. The van der Waals surface area contributed by atoms with Gasteiger partial charge in [-0.3, -0.25) is 28.8 Å². The van der Waals surface area contributed by atoms with Gasteiger partial charge in [-0.2, -0.15) is 0 Å². The van der Waals surface area contributed by atoms with Crippen LogP contribution in [0.2, 0.25) is 0 Å². The van der Waals surface area contributed by atoms with Crippen LogP contribution in [-0.4, -0.2) is 103 Å². The minimum Gasteiger partial charge on any atom is -0.480 e. The Balaban J connectivity index is -0.0000000931. The molecule has 252 valence electrons. The molecule has 0 spiro atoms. The molecule has 0 aromatic heterocycles. The molecule has 0 radical (unpaired) electrons. The topological polar surface area (TPSA) is 380 Å². The summed E-state index contributed by atoms with van der Waals surface area (Å²) in [5, 5.41) is 48.3. The van der Waals surface area contributed by atoms with E-state index in [1.165, 1.54) is 20.8 Å². The summed E-state index contributed by atoms with van der Waals surface area (Å²) in [6, 6.07) is -4.33. The number of aliphatic carboxylic acids is 6. The van der Waals surface area contributed by atoms with Crippen molar-refractivity contribution in [3.8, 4) is 0 Å². The molecule has 18 heteroatoms. The second-order valence-electron chi connectivity index (χ2n) is 9.70. The summed E-state index contributed by atoms with van der Waals surface area (Å²) in [5.41, 5.74) is 30.0. The van der Waals surface area contributed by atoms with E-state index in [2.05, 4.69) is 0 Å². The Morgan fingerprint density at radius 1 is 0.333 bits per heavy atom. The predicted molar refractivity (Wildman–Crippen MR) is 155 cm³/mol. The van der Waals surface area contributed by atoms with Gasteiger partial charge in [0.2, 0.25) is 0 Å². The van der Waals surface area contributed by atoms with Crippen LogP contribution in [0.25, 0.3) is 0 Å². The summed E-state index contributed by atoms with van der Waals surface area (Å²) in [4.78, 5) is 58.8. The van der Waals surface area contributed by atoms with E-state index in [9.17, 15) is 28.8 Å². The summed E-state index contributed by atoms with van der Waals surface area (Å²) >= 11 is 0. The number of rotatable bonds is 9. The van der Waals surface area contributed by atoms with E-state index in [-0.39, 0.29) is 17.8 Å². The highest BCUT2D eigenvalue weighted by molar-refractivity contribution is 5.74. The Morgan fingerprint density at radius 3 is 0.429 bits per heavy atom. The Hall–Kier alpha value is -3.42. The monoisotopic (exact) mass is 618 g/mol. The highest BCUT2D eigenvalue weighted by atomic mass is 16.4. The highest BCUT2D eigenvalue weighted by Gasteiger charge is 2.15. The molecule has 0 aliphatic rings. The number of nitrogens with two attached hydrogens (primary N) is 6. The zero-order chi connectivity index (χ0) is 35.7. The Morgan fingerprint density at radius 2 is 0.429 bits per heavy atom. The quantitative estimate of drug-likeness (QED) is 0.138. The van der Waals surface area contributed by atoms with Crippen molar-refractivity contribution in [2.45, 2.75) is 98.6 Å². The molecule has 0 heterocycles. The van der Waals surface area contributed by atoms with Crippen LogP contribution in [0.1, 0.15) is 62.3 Å². The fourth-order valence-corrected chi connectivity index (χ4v) is 0.855. The molecular weight excluding hydrogens is 564 g/mol. The molecule has 0 amide bonds. The van der Waals surface area contributed by atoms with Gasteiger partial charge in [0.05, 0.1) is 0 Å². The van der Waals surface area contributed by atoms with Crippen molar-refractivity contribution < 1.29 is 59.4 Å². The highest BCUT2D eigenvalue weighted by Crippen LogP contribution is 1.97. The molecule has 0 unspecified atom stereocenters. The summed E-state index contributed by atoms with van der Waals surface area (Å²) < 4.78 is 0. The van der Waals surface area contributed by atoms with Crippen molar-refractivity contribution in [2.75, 3.05) is 0 Å². The lowest BCUT2D eigenvalue weighted by atomic mass is 10.1. The van der Waals surface area contributed by atoms with E-state index >= 15 is 0 Å². The van der Waals surface area contributed by atoms with E-state index in [0.29, 0.717) is 0 Å². The number of hydrogen-bond donors (Lipinski definition) is 12. The molecule has 0 saturated carbocycles. The summed E-state index contributed by atoms with van der Waals surface area (Å²) in [7, 11) is 0. The maximum atomic E-state index is 10.0. The van der Waals surface area contributed by atoms with Crippen molar-refractivity contribution in [1.82, 2.24) is 0 Å². The van der Waals surface area contributed by atoms with E-state index < -0.39 is 72.1 Å². The standard InChI is InChI=1S/3C5H11NO2.3C3H7NO2/c3*1-3(2)4(6)5(7)8;3*1-2(4)3(5)6/h3*3-4H,6H2,1-2H3,(H,7,8);3*2H,4H2,1H3,(H,5,6)/t3*4-;3*2-/m000000/s1. The predicted octanol–water partition coefficient (Wildman–Crippen LogP) is -1.58. The summed E-state index contributed by atoms with van der Waals surface area (Å²) in [5.74, 6) is -5.62. The Labute approximate surface area is 246 Å². The number of hydrogen-bond acceptors (Lipinski definition) is 12. The first-order chi connectivity index (χ1) is 18.6. The van der Waals surface area contributed by atoms with Gasteiger partial charge in [-0.15, -0.1) is 0 Å². The first-order valence-electron chi connectivity index (χ1n) is 12.5. The molecule has 18 nitrogen and oxygen atoms in total. The van der Waals surface area contributed by atoms with Crippen LogP contribution in [0.5, 0.6) is 0 Å². The summed E-state index contributed by atoms with van der Waals surface area (Å²) in [6.07, 6.45) is 0. The molecule has 0 aliphatic carbocycles. The smallest absolute Gasteiger partial charge is 0.320 e. The first kappa shape index (κ1) is 51.3. The van der Waals surface area contributed by atoms with E-state index in [4.69, 9.17) is 65.0 Å². The molecule has 0 aliphatic heterocycles. The molecule has 0 rings (SSSR count). The van der Waals surface area contributed by atoms with Gasteiger partial charge in [-0.1, -0.05) is 41.5 Å². The van der Waals surface area contributed by atoms with Crippen LogP contribution in [0.15, 0.2) is 0 Å². The molecule has 0 fully saturated rings. The van der Waals surface area contributed by atoms with Gasteiger partial charge in [0.1, 0.15) is 36.3 Å². The molecule has 0 aromatic rings. The van der Waals surface area contributed by atoms with Gasteiger partial charge in [-0.05, 0) is 38.5 Å². The molecular formula is C24H54N6O12. The lowest BCUT2D eigenvalue weighted by molar-refractivity contribution is -0.140. The maximum absolute atomic E-state index is 10.0. The van der Waals surface area contributed by atoms with Crippen LogP contribution < -0.4 is 34.4 Å². The van der Waals surface area contributed by atoms with Crippen molar-refractivity contribution in [2.24, 2.45) is 52.2 Å². The minimum atomic E-state index is -0.963. The van der Waals surface area contributed by atoms with Gasteiger partial charge in [0.15, 0.2) is 0 Å². The van der Waals surface area contributed by atoms with Crippen LogP contribution in [0.3, 0.4) is 0 Å². The molecule has 0 bridgehead atoms. The van der Waals surface area contributed by atoms with E-state index in [1.54, 1.807) is 41.5 Å². The molecule has 0 saturated heterocycles. The van der Waals surface area contributed by atoms with Crippen LogP contribution in [0, 0.1) is 17.8 Å². The Bertz CT molecular complexity index is 675. The van der Waals surface area contributed by atoms with Crippen LogP contribution in [-0.2, 0) is 28.8 Å². The Kier molecular flexibility index (Phi) is 35.5. The SMILES string of the molecule is CC(C)[C@H](N)C(=O)O.CC(C)[C@H](N)C(=O)O.CC(C)[C@H](N)C(=O)O.C[C@H](N)C(=O)O.C[C@H](N)C(=O)O.C[C@H](N)C(=O)O. The van der Waals surface area contributed by atoms with E-state index in [0.717, 1.165) is 0 Å². The van der Waals surface area contributed by atoms with Crippen molar-refractivity contribution in [3.05, 3.63) is 0 Å². The number of carboxylic acids is 6. The minimum absolute atomic E-state index is 0.0208. The third-order valence-corrected chi connectivity index (χ3v) is 4.18. The third-order valence-electron chi connectivity index (χ3n) is 4.18. The van der Waals surface area contributed by atoms with Crippen LogP contribution in [0.4, 0.5) is 0 Å². The molecule has 6 atom stereocenters. The van der Waals surface area contributed by atoms with Gasteiger partial charge in [0.25, 0.3) is 0 Å². The van der Waals surface area contributed by atoms with Crippen molar-refractivity contribution >= 4 is 35.8 Å². The average molecular weight is 619 g/mol. The molecule has 0 aromatic carbocycles. The third kappa shape index (κ3) is 43.6. The van der Waals surface area contributed by atoms with Gasteiger partial charge in [0, 0.05) is 0 Å². The normalized spacial score (nSPS) is 13.9. The summed E-state index contributed by atoms with van der Waals surface area (Å²) in [6.45, 7) is 14.9. The van der Waals surface area contributed by atoms with Gasteiger partial charge in [-0.25, -0.2) is 0 Å². The number of carboxylic acid groups (broad SMARTS) is 6. The van der Waals surface area contributed by atoms with E-state index in [1.807, 2.05) is 0 Å². The number of carbonyl (C=O) groups is 6. The lowest BCUT2D eigenvalue weighted by Crippen LogP contribution is -2.34. The van der Waals surface area contributed by atoms with Crippen molar-refractivity contribution in [1.29, 1.82) is 0 Å².